The first-order valence-corrected chi connectivity index (χ1v) is 5.15. The van der Waals surface area contributed by atoms with Crippen molar-refractivity contribution < 1.29 is 13.9 Å². The summed E-state index contributed by atoms with van der Waals surface area (Å²) in [6.07, 6.45) is 4.03. The molecule has 0 bridgehead atoms. The van der Waals surface area contributed by atoms with Crippen molar-refractivity contribution in [2.24, 2.45) is 4.99 Å². The summed E-state index contributed by atoms with van der Waals surface area (Å²) in [5, 5.41) is 0. The summed E-state index contributed by atoms with van der Waals surface area (Å²) in [5.41, 5.74) is 0.0273. The molecule has 1 aliphatic rings. The van der Waals surface area contributed by atoms with Gasteiger partial charge in [0.15, 0.2) is 11.6 Å². The Balaban J connectivity index is 2.54. The van der Waals surface area contributed by atoms with Crippen molar-refractivity contribution in [1.29, 1.82) is 0 Å². The number of benzene rings is 1. The van der Waals surface area contributed by atoms with E-state index in [1.165, 1.54) is 13.2 Å². The molecule has 0 unspecified atom stereocenters. The Morgan fingerprint density at radius 1 is 1.50 bits per heavy atom. The van der Waals surface area contributed by atoms with Crippen LogP contribution in [0.25, 0.3) is 0 Å². The van der Waals surface area contributed by atoms with Crippen LogP contribution in [0.1, 0.15) is 24.8 Å². The van der Waals surface area contributed by atoms with Crippen molar-refractivity contribution in [3.8, 4) is 5.75 Å². The average Bonchev–Trinajstić information content (AvgIpc) is 2.23. The summed E-state index contributed by atoms with van der Waals surface area (Å²) in [7, 11) is 1.42. The summed E-state index contributed by atoms with van der Waals surface area (Å²) < 4.78 is 18.6. The minimum absolute atomic E-state index is 0.182. The van der Waals surface area contributed by atoms with Crippen molar-refractivity contribution in [1.82, 2.24) is 0 Å². The van der Waals surface area contributed by atoms with Crippen LogP contribution < -0.4 is 4.74 Å². The first-order valence-electron chi connectivity index (χ1n) is 5.15. The Labute approximate surface area is 93.0 Å². The van der Waals surface area contributed by atoms with Gasteiger partial charge in [0.25, 0.3) is 0 Å². The smallest absolute Gasteiger partial charge is 0.235 e. The number of isocyanates is 1. The topological polar surface area (TPSA) is 38.7 Å². The maximum atomic E-state index is 13.5. The molecule has 1 aromatic rings. The fourth-order valence-corrected chi connectivity index (χ4v) is 2.12. The Morgan fingerprint density at radius 2 is 2.25 bits per heavy atom. The van der Waals surface area contributed by atoms with E-state index in [-0.39, 0.29) is 5.75 Å². The van der Waals surface area contributed by atoms with Crippen molar-refractivity contribution in [2.45, 2.75) is 24.8 Å². The Hall–Kier alpha value is -1.67. The highest BCUT2D eigenvalue weighted by Crippen LogP contribution is 2.48. The molecule has 1 fully saturated rings. The summed E-state index contributed by atoms with van der Waals surface area (Å²) >= 11 is 0. The van der Waals surface area contributed by atoms with Crippen molar-refractivity contribution in [3.63, 3.8) is 0 Å². The number of hydrogen-bond acceptors (Lipinski definition) is 3. The van der Waals surface area contributed by atoms with E-state index < -0.39 is 11.4 Å². The molecule has 84 valence electrons. The van der Waals surface area contributed by atoms with E-state index in [9.17, 15) is 9.18 Å². The first-order chi connectivity index (χ1) is 7.73. The van der Waals surface area contributed by atoms with Crippen LogP contribution in [0, 0.1) is 5.82 Å². The molecule has 0 amide bonds. The van der Waals surface area contributed by atoms with E-state index in [0.717, 1.165) is 19.3 Å². The van der Waals surface area contributed by atoms with E-state index in [1.54, 1.807) is 18.2 Å². The van der Waals surface area contributed by atoms with E-state index in [4.69, 9.17) is 4.74 Å². The molecule has 0 spiro atoms. The van der Waals surface area contributed by atoms with Gasteiger partial charge in [-0.25, -0.2) is 9.18 Å². The van der Waals surface area contributed by atoms with Gasteiger partial charge >= 0.3 is 0 Å². The maximum Gasteiger partial charge on any atom is 0.235 e. The lowest BCUT2D eigenvalue weighted by Crippen LogP contribution is -2.32. The Morgan fingerprint density at radius 3 is 2.75 bits per heavy atom. The summed E-state index contributed by atoms with van der Waals surface area (Å²) in [6.45, 7) is 0. The van der Waals surface area contributed by atoms with Crippen LogP contribution in [0.3, 0.4) is 0 Å². The second kappa shape index (κ2) is 4.06. The van der Waals surface area contributed by atoms with Gasteiger partial charge in [-0.05, 0) is 25.3 Å². The fourth-order valence-electron chi connectivity index (χ4n) is 2.12. The molecule has 4 heteroatoms. The third-order valence-electron chi connectivity index (χ3n) is 3.11. The van der Waals surface area contributed by atoms with Crippen molar-refractivity contribution in [3.05, 3.63) is 29.6 Å². The van der Waals surface area contributed by atoms with Crippen molar-refractivity contribution in [2.75, 3.05) is 7.11 Å². The third-order valence-corrected chi connectivity index (χ3v) is 3.11. The molecule has 0 atom stereocenters. The highest BCUT2D eigenvalue weighted by Gasteiger charge is 2.41. The normalized spacial score (nSPS) is 17.1. The molecule has 16 heavy (non-hydrogen) atoms. The zero-order chi connectivity index (χ0) is 11.6. The standard InChI is InChI=1S/C12H12FNO2/c1-16-11-9(4-2-5-10(11)13)12(14-8-15)6-3-7-12/h2,4-5H,3,6-7H2,1H3. The zero-order valence-corrected chi connectivity index (χ0v) is 9.00. The molecule has 1 aromatic carbocycles. The molecule has 0 radical (unpaired) electrons. The molecular formula is C12H12FNO2. The largest absolute Gasteiger partial charge is 0.493 e. The second-order valence-corrected chi connectivity index (χ2v) is 3.91. The number of halogens is 1. The molecule has 0 saturated heterocycles. The number of rotatable bonds is 3. The van der Waals surface area contributed by atoms with Crippen LogP contribution in [-0.2, 0) is 10.3 Å². The van der Waals surface area contributed by atoms with Gasteiger partial charge in [-0.3, -0.25) is 0 Å². The van der Waals surface area contributed by atoms with Crippen LogP contribution in [0.5, 0.6) is 5.75 Å². The lowest BCUT2D eigenvalue weighted by Gasteiger charge is -2.37. The predicted octanol–water partition coefficient (Wildman–Crippen LogP) is 2.55. The van der Waals surface area contributed by atoms with Gasteiger partial charge in [-0.2, -0.15) is 4.99 Å². The summed E-state index contributed by atoms with van der Waals surface area (Å²) in [5.74, 6) is -0.242. The van der Waals surface area contributed by atoms with Crippen molar-refractivity contribution >= 4 is 6.08 Å². The molecule has 0 heterocycles. The maximum absolute atomic E-state index is 13.5. The lowest BCUT2D eigenvalue weighted by atomic mass is 9.72. The molecule has 2 rings (SSSR count). The van der Waals surface area contributed by atoms with Gasteiger partial charge < -0.3 is 4.74 Å². The number of para-hydroxylation sites is 1. The van der Waals surface area contributed by atoms with Gasteiger partial charge in [0.1, 0.15) is 5.54 Å². The van der Waals surface area contributed by atoms with Crippen LogP contribution in [-0.4, -0.2) is 13.2 Å². The molecule has 1 saturated carbocycles. The molecule has 0 aromatic heterocycles. The number of hydrogen-bond donors (Lipinski definition) is 0. The van der Waals surface area contributed by atoms with Crippen LogP contribution >= 0.6 is 0 Å². The highest BCUT2D eigenvalue weighted by atomic mass is 19.1. The molecule has 1 aliphatic carbocycles. The van der Waals surface area contributed by atoms with Gasteiger partial charge in [0, 0.05) is 5.56 Å². The van der Waals surface area contributed by atoms with Crippen LogP contribution in [0.2, 0.25) is 0 Å². The SMILES string of the molecule is COc1c(F)cccc1C1(N=C=O)CCC1. The molecule has 3 nitrogen and oxygen atoms in total. The second-order valence-electron chi connectivity index (χ2n) is 3.91. The van der Waals surface area contributed by atoms with E-state index in [1.807, 2.05) is 0 Å². The fraction of sp³-hybridized carbons (Fsp3) is 0.417. The number of ether oxygens (including phenoxy) is 1. The van der Waals surface area contributed by atoms with Crippen LogP contribution in [0.4, 0.5) is 4.39 Å². The monoisotopic (exact) mass is 221 g/mol. The zero-order valence-electron chi connectivity index (χ0n) is 9.00. The quantitative estimate of drug-likeness (QED) is 0.581. The van der Waals surface area contributed by atoms with Gasteiger partial charge in [0.2, 0.25) is 6.08 Å². The minimum Gasteiger partial charge on any atom is -0.493 e. The van der Waals surface area contributed by atoms with E-state index in [0.29, 0.717) is 5.56 Å². The Kier molecular flexibility index (Phi) is 2.75. The summed E-state index contributed by atoms with van der Waals surface area (Å²) in [6, 6.07) is 4.69. The third kappa shape index (κ3) is 1.51. The van der Waals surface area contributed by atoms with Crippen LogP contribution in [0.15, 0.2) is 23.2 Å². The van der Waals surface area contributed by atoms with Gasteiger partial charge in [-0.15, -0.1) is 0 Å². The number of aliphatic imine (C=N–C) groups is 1. The Bertz CT molecular complexity index is 448. The molecular weight excluding hydrogens is 209 g/mol. The van der Waals surface area contributed by atoms with E-state index in [2.05, 4.69) is 4.99 Å². The van der Waals surface area contributed by atoms with Gasteiger partial charge in [0.05, 0.1) is 7.11 Å². The lowest BCUT2D eigenvalue weighted by molar-refractivity contribution is 0.243. The number of nitrogens with zero attached hydrogens (tertiary/aromatic N) is 1. The predicted molar refractivity (Wildman–Crippen MR) is 56.6 cm³/mol. The highest BCUT2D eigenvalue weighted by molar-refractivity contribution is 5.45. The van der Waals surface area contributed by atoms with Gasteiger partial charge in [-0.1, -0.05) is 12.1 Å². The molecule has 0 aliphatic heterocycles. The number of methoxy groups -OCH3 is 1. The minimum atomic E-state index is -0.616. The number of carbonyl (C=O) groups excluding carboxylic acids is 1. The summed E-state index contributed by atoms with van der Waals surface area (Å²) in [4.78, 5) is 14.3. The molecule has 0 N–H and O–H groups in total. The average molecular weight is 221 g/mol. The first kappa shape index (κ1) is 10.8. The van der Waals surface area contributed by atoms with E-state index >= 15 is 0 Å².